The molecule has 186 valence electrons. The molecule has 2 heterocycles. The maximum absolute atomic E-state index is 13.3. The molecule has 1 aliphatic rings. The summed E-state index contributed by atoms with van der Waals surface area (Å²) in [7, 11) is 0. The molecule has 35 heavy (non-hydrogen) atoms. The SMILES string of the molecule is CC(C)(C)c1ccccc1NC(=O)CSc1nc2ccccc2c(=O)n1CCCN1CCOCC1. The van der Waals surface area contributed by atoms with Gasteiger partial charge in [-0.3, -0.25) is 19.1 Å². The highest BCUT2D eigenvalue weighted by molar-refractivity contribution is 7.99. The zero-order valence-corrected chi connectivity index (χ0v) is 21.6. The predicted octanol–water partition coefficient (Wildman–Crippen LogP) is 4.15. The number of ether oxygens (including phenoxy) is 1. The number of thioether (sulfide) groups is 1. The minimum absolute atomic E-state index is 0.0569. The first-order chi connectivity index (χ1) is 16.8. The van der Waals surface area contributed by atoms with Crippen LogP contribution in [0.15, 0.2) is 58.5 Å². The van der Waals surface area contributed by atoms with Crippen molar-refractivity contribution in [1.82, 2.24) is 14.5 Å². The van der Waals surface area contributed by atoms with Crippen molar-refractivity contribution in [2.75, 3.05) is 43.9 Å². The van der Waals surface area contributed by atoms with Crippen molar-refractivity contribution in [3.63, 3.8) is 0 Å². The normalized spacial score (nSPS) is 14.8. The van der Waals surface area contributed by atoms with Gasteiger partial charge in [0.2, 0.25) is 5.91 Å². The molecule has 1 saturated heterocycles. The van der Waals surface area contributed by atoms with Crippen LogP contribution in [0.25, 0.3) is 10.9 Å². The number of fused-ring (bicyclic) bond motifs is 1. The molecule has 0 atom stereocenters. The molecule has 1 N–H and O–H groups in total. The molecule has 3 aromatic rings. The first kappa shape index (κ1) is 25.4. The lowest BCUT2D eigenvalue weighted by atomic mass is 9.86. The predicted molar refractivity (Wildman–Crippen MR) is 142 cm³/mol. The van der Waals surface area contributed by atoms with Crippen LogP contribution in [0.3, 0.4) is 0 Å². The number of rotatable bonds is 8. The van der Waals surface area contributed by atoms with Crippen molar-refractivity contribution in [2.45, 2.75) is 44.3 Å². The maximum atomic E-state index is 13.3. The lowest BCUT2D eigenvalue weighted by Crippen LogP contribution is -2.37. The summed E-state index contributed by atoms with van der Waals surface area (Å²) in [6, 6.07) is 15.3. The van der Waals surface area contributed by atoms with Crippen molar-refractivity contribution in [3.05, 3.63) is 64.4 Å². The van der Waals surface area contributed by atoms with E-state index in [1.165, 1.54) is 11.8 Å². The summed E-state index contributed by atoms with van der Waals surface area (Å²) in [5.41, 5.74) is 2.42. The van der Waals surface area contributed by atoms with Crippen molar-refractivity contribution in [2.24, 2.45) is 0 Å². The van der Waals surface area contributed by atoms with Crippen LogP contribution in [-0.4, -0.2) is 59.0 Å². The van der Waals surface area contributed by atoms with Crippen LogP contribution in [0, 0.1) is 0 Å². The molecular formula is C27H34N4O3S. The van der Waals surface area contributed by atoms with Gasteiger partial charge in [-0.1, -0.05) is 62.9 Å². The number of para-hydroxylation sites is 2. The fraction of sp³-hybridized carbons (Fsp3) is 0.444. The van der Waals surface area contributed by atoms with Crippen molar-refractivity contribution >= 4 is 34.3 Å². The van der Waals surface area contributed by atoms with E-state index in [0.717, 1.165) is 50.5 Å². The van der Waals surface area contributed by atoms with E-state index in [4.69, 9.17) is 9.72 Å². The van der Waals surface area contributed by atoms with Gasteiger partial charge >= 0.3 is 0 Å². The number of morpholine rings is 1. The Morgan fingerprint density at radius 2 is 1.77 bits per heavy atom. The second-order valence-corrected chi connectivity index (χ2v) is 10.8. The summed E-state index contributed by atoms with van der Waals surface area (Å²) < 4.78 is 7.15. The quantitative estimate of drug-likeness (QED) is 0.375. The largest absolute Gasteiger partial charge is 0.379 e. The highest BCUT2D eigenvalue weighted by Gasteiger charge is 2.19. The lowest BCUT2D eigenvalue weighted by molar-refractivity contribution is -0.113. The molecule has 0 saturated carbocycles. The lowest BCUT2D eigenvalue weighted by Gasteiger charge is -2.26. The standard InChI is InChI=1S/C27H34N4O3S/c1-27(2,3)21-10-5-7-12-23(21)28-24(32)19-35-26-29-22-11-6-4-9-20(22)25(33)31(26)14-8-13-30-15-17-34-18-16-30/h4-7,9-12H,8,13-19H2,1-3H3,(H,28,32). The third kappa shape index (κ3) is 6.51. The molecular weight excluding hydrogens is 460 g/mol. The Balaban J connectivity index is 1.49. The molecule has 1 aliphatic heterocycles. The van der Waals surface area contributed by atoms with Crippen LogP contribution in [0.5, 0.6) is 0 Å². The van der Waals surface area contributed by atoms with Gasteiger partial charge < -0.3 is 10.1 Å². The zero-order valence-electron chi connectivity index (χ0n) is 20.8. The smallest absolute Gasteiger partial charge is 0.262 e. The van der Waals surface area contributed by atoms with E-state index in [1.807, 2.05) is 48.5 Å². The number of hydrogen-bond acceptors (Lipinski definition) is 6. The molecule has 8 heteroatoms. The van der Waals surface area contributed by atoms with E-state index in [-0.39, 0.29) is 22.6 Å². The average Bonchev–Trinajstić information content (AvgIpc) is 2.84. The fourth-order valence-corrected chi connectivity index (χ4v) is 5.12. The Labute approximate surface area is 210 Å². The van der Waals surface area contributed by atoms with Gasteiger partial charge in [-0.25, -0.2) is 4.98 Å². The number of nitrogens with one attached hydrogen (secondary N) is 1. The van der Waals surface area contributed by atoms with Gasteiger partial charge in [0.15, 0.2) is 5.16 Å². The van der Waals surface area contributed by atoms with Crippen LogP contribution in [-0.2, 0) is 21.5 Å². The third-order valence-corrected chi connectivity index (χ3v) is 7.10. The van der Waals surface area contributed by atoms with Gasteiger partial charge in [0.1, 0.15) is 0 Å². The number of nitrogens with zero attached hydrogens (tertiary/aromatic N) is 3. The molecule has 4 rings (SSSR count). The van der Waals surface area contributed by atoms with E-state index in [2.05, 4.69) is 31.0 Å². The Bertz CT molecular complexity index is 1230. The van der Waals surface area contributed by atoms with Crippen LogP contribution in [0.4, 0.5) is 5.69 Å². The van der Waals surface area contributed by atoms with Gasteiger partial charge in [-0.2, -0.15) is 0 Å². The molecule has 0 unspecified atom stereocenters. The molecule has 1 fully saturated rings. The molecule has 7 nitrogen and oxygen atoms in total. The van der Waals surface area contributed by atoms with Crippen LogP contribution >= 0.6 is 11.8 Å². The van der Waals surface area contributed by atoms with Crippen LogP contribution in [0.1, 0.15) is 32.8 Å². The van der Waals surface area contributed by atoms with Gasteiger partial charge in [-0.15, -0.1) is 0 Å². The van der Waals surface area contributed by atoms with Crippen LogP contribution < -0.4 is 10.9 Å². The first-order valence-electron chi connectivity index (χ1n) is 12.1. The van der Waals surface area contributed by atoms with Gasteiger partial charge in [0.05, 0.1) is 29.9 Å². The third-order valence-electron chi connectivity index (χ3n) is 6.13. The van der Waals surface area contributed by atoms with E-state index in [1.54, 1.807) is 4.57 Å². The summed E-state index contributed by atoms with van der Waals surface area (Å²) in [6.45, 7) is 11.2. The molecule has 1 aromatic heterocycles. The maximum Gasteiger partial charge on any atom is 0.262 e. The number of amides is 1. The summed E-state index contributed by atoms with van der Waals surface area (Å²) in [4.78, 5) is 33.3. The highest BCUT2D eigenvalue weighted by Crippen LogP contribution is 2.29. The van der Waals surface area contributed by atoms with E-state index in [9.17, 15) is 9.59 Å². The molecule has 0 radical (unpaired) electrons. The number of carbonyl (C=O) groups excluding carboxylic acids is 1. The Kier molecular flexibility index (Phi) is 8.26. The number of benzene rings is 2. The summed E-state index contributed by atoms with van der Waals surface area (Å²) in [5.74, 6) is 0.0566. The number of aromatic nitrogens is 2. The number of anilines is 1. The minimum Gasteiger partial charge on any atom is -0.379 e. The van der Waals surface area contributed by atoms with Crippen LogP contribution in [0.2, 0.25) is 0 Å². The van der Waals surface area contributed by atoms with E-state index < -0.39 is 0 Å². The molecule has 1 amide bonds. The zero-order chi connectivity index (χ0) is 24.8. The van der Waals surface area contributed by atoms with Gasteiger partial charge in [-0.05, 0) is 35.6 Å². The Hall–Kier alpha value is -2.68. The van der Waals surface area contributed by atoms with Crippen molar-refractivity contribution in [3.8, 4) is 0 Å². The summed E-state index contributed by atoms with van der Waals surface area (Å²) >= 11 is 1.31. The monoisotopic (exact) mass is 494 g/mol. The average molecular weight is 495 g/mol. The fourth-order valence-electron chi connectivity index (χ4n) is 4.29. The van der Waals surface area contributed by atoms with Crippen molar-refractivity contribution < 1.29 is 9.53 Å². The summed E-state index contributed by atoms with van der Waals surface area (Å²) in [5, 5.41) is 4.23. The minimum atomic E-state index is -0.117. The van der Waals surface area contributed by atoms with E-state index >= 15 is 0 Å². The van der Waals surface area contributed by atoms with Crippen molar-refractivity contribution in [1.29, 1.82) is 0 Å². The molecule has 0 aliphatic carbocycles. The Morgan fingerprint density at radius 1 is 1.06 bits per heavy atom. The molecule has 0 spiro atoms. The summed E-state index contributed by atoms with van der Waals surface area (Å²) in [6.07, 6.45) is 0.832. The second-order valence-electron chi connectivity index (χ2n) is 9.81. The van der Waals surface area contributed by atoms with Gasteiger partial charge in [0, 0.05) is 31.9 Å². The van der Waals surface area contributed by atoms with E-state index in [0.29, 0.717) is 22.6 Å². The topological polar surface area (TPSA) is 76.5 Å². The second kappa shape index (κ2) is 11.4. The van der Waals surface area contributed by atoms with Gasteiger partial charge in [0.25, 0.3) is 5.56 Å². The molecule has 2 aromatic carbocycles. The highest BCUT2D eigenvalue weighted by atomic mass is 32.2. The first-order valence-corrected chi connectivity index (χ1v) is 13.1. The molecule has 0 bridgehead atoms. The Morgan fingerprint density at radius 3 is 2.54 bits per heavy atom. The number of carbonyl (C=O) groups is 1. The number of hydrogen-bond donors (Lipinski definition) is 1.